The normalized spacial score (nSPS) is 10.3. The van der Waals surface area contributed by atoms with E-state index >= 15 is 0 Å². The Morgan fingerprint density at radius 2 is 2.22 bits per heavy atom. The lowest BCUT2D eigenvalue weighted by Crippen LogP contribution is -2.03. The number of nitro benzene ring substituents is 1. The molecule has 0 unspecified atom stereocenters. The summed E-state index contributed by atoms with van der Waals surface area (Å²) >= 11 is 0. The van der Waals surface area contributed by atoms with Crippen LogP contribution in [0.4, 0.5) is 11.4 Å². The lowest BCUT2D eigenvalue weighted by atomic mass is 10.2. The molecule has 0 radical (unpaired) electrons. The molecule has 6 nitrogen and oxygen atoms in total. The Morgan fingerprint density at radius 3 is 2.83 bits per heavy atom. The summed E-state index contributed by atoms with van der Waals surface area (Å²) in [4.78, 5) is 10.6. The summed E-state index contributed by atoms with van der Waals surface area (Å²) in [6.45, 7) is 4.25. The van der Waals surface area contributed by atoms with Gasteiger partial charge >= 0.3 is 0 Å². The van der Waals surface area contributed by atoms with Gasteiger partial charge in [-0.15, -0.1) is 0 Å². The highest BCUT2D eigenvalue weighted by molar-refractivity contribution is 5.62. The first-order chi connectivity index (χ1) is 8.58. The van der Waals surface area contributed by atoms with Gasteiger partial charge < -0.3 is 5.32 Å². The van der Waals surface area contributed by atoms with Crippen LogP contribution in [0.1, 0.15) is 16.8 Å². The molecule has 0 saturated heterocycles. The average Bonchev–Trinajstić information content (AvgIpc) is 2.73. The third kappa shape index (κ3) is 2.48. The Bertz CT molecular complexity index is 577. The van der Waals surface area contributed by atoms with Crippen LogP contribution in [0.5, 0.6) is 0 Å². The molecule has 0 saturated carbocycles. The van der Waals surface area contributed by atoms with Gasteiger partial charge in [0.15, 0.2) is 0 Å². The van der Waals surface area contributed by atoms with E-state index in [-0.39, 0.29) is 10.6 Å². The Labute approximate surface area is 104 Å². The smallest absolute Gasteiger partial charge is 0.292 e. The molecule has 2 N–H and O–H groups in total. The van der Waals surface area contributed by atoms with Crippen molar-refractivity contribution < 1.29 is 4.92 Å². The first kappa shape index (κ1) is 12.1. The topological polar surface area (TPSA) is 83.8 Å². The minimum Gasteiger partial charge on any atom is -0.375 e. The van der Waals surface area contributed by atoms with Crippen LogP contribution in [-0.4, -0.2) is 15.1 Å². The van der Waals surface area contributed by atoms with Gasteiger partial charge in [0, 0.05) is 23.9 Å². The molecule has 0 atom stereocenters. The number of nitro groups is 1. The minimum absolute atomic E-state index is 0.0937. The van der Waals surface area contributed by atoms with Crippen LogP contribution in [0.2, 0.25) is 0 Å². The fourth-order valence-electron chi connectivity index (χ4n) is 1.69. The van der Waals surface area contributed by atoms with Gasteiger partial charge in [-0.2, -0.15) is 5.10 Å². The highest BCUT2D eigenvalue weighted by Gasteiger charge is 2.13. The molecule has 1 aromatic heterocycles. The summed E-state index contributed by atoms with van der Waals surface area (Å²) in [7, 11) is 0. The summed E-state index contributed by atoms with van der Waals surface area (Å²) in [6, 6.07) is 5.13. The van der Waals surface area contributed by atoms with Crippen LogP contribution in [0.25, 0.3) is 0 Å². The van der Waals surface area contributed by atoms with Crippen molar-refractivity contribution in [2.24, 2.45) is 0 Å². The second-order valence-electron chi connectivity index (χ2n) is 4.15. The van der Waals surface area contributed by atoms with E-state index in [9.17, 15) is 10.1 Å². The minimum atomic E-state index is -0.377. The van der Waals surface area contributed by atoms with Crippen molar-refractivity contribution >= 4 is 11.4 Å². The maximum Gasteiger partial charge on any atom is 0.292 e. The van der Waals surface area contributed by atoms with Crippen LogP contribution in [0.3, 0.4) is 0 Å². The van der Waals surface area contributed by atoms with E-state index in [0.29, 0.717) is 12.2 Å². The third-order valence-electron chi connectivity index (χ3n) is 2.75. The highest BCUT2D eigenvalue weighted by Crippen LogP contribution is 2.25. The molecule has 0 fully saturated rings. The second-order valence-corrected chi connectivity index (χ2v) is 4.15. The molecule has 0 aliphatic carbocycles. The van der Waals surface area contributed by atoms with Crippen LogP contribution >= 0.6 is 0 Å². The molecule has 1 heterocycles. The number of hydrogen-bond acceptors (Lipinski definition) is 4. The monoisotopic (exact) mass is 246 g/mol. The van der Waals surface area contributed by atoms with Crippen LogP contribution in [0.15, 0.2) is 24.4 Å². The number of nitrogens with zero attached hydrogens (tertiary/aromatic N) is 2. The molecule has 0 aliphatic rings. The van der Waals surface area contributed by atoms with Gasteiger partial charge in [-0.1, -0.05) is 6.07 Å². The molecular formula is C12H14N4O2. The van der Waals surface area contributed by atoms with Crippen molar-refractivity contribution in [1.82, 2.24) is 10.2 Å². The fraction of sp³-hybridized carbons (Fsp3) is 0.250. The number of hydrogen-bond donors (Lipinski definition) is 2. The molecule has 0 aliphatic heterocycles. The molecule has 0 spiro atoms. The zero-order valence-electron chi connectivity index (χ0n) is 10.2. The maximum absolute atomic E-state index is 10.9. The zero-order chi connectivity index (χ0) is 13.1. The van der Waals surface area contributed by atoms with Crippen molar-refractivity contribution in [3.8, 4) is 0 Å². The number of anilines is 1. The van der Waals surface area contributed by atoms with Crippen molar-refractivity contribution in [3.63, 3.8) is 0 Å². The van der Waals surface area contributed by atoms with Gasteiger partial charge in [-0.05, 0) is 25.5 Å². The van der Waals surface area contributed by atoms with Crippen molar-refractivity contribution in [2.45, 2.75) is 20.4 Å². The van der Waals surface area contributed by atoms with Gasteiger partial charge in [-0.3, -0.25) is 15.2 Å². The number of rotatable bonds is 4. The fourth-order valence-corrected chi connectivity index (χ4v) is 1.69. The second kappa shape index (κ2) is 4.87. The molecule has 6 heteroatoms. The molecular weight excluding hydrogens is 232 g/mol. The number of aromatic nitrogens is 2. The molecule has 2 rings (SSSR count). The highest BCUT2D eigenvalue weighted by atomic mass is 16.6. The lowest BCUT2D eigenvalue weighted by Gasteiger charge is -2.07. The van der Waals surface area contributed by atoms with E-state index in [1.807, 2.05) is 19.9 Å². The van der Waals surface area contributed by atoms with Gasteiger partial charge in [-0.25, -0.2) is 0 Å². The summed E-state index contributed by atoms with van der Waals surface area (Å²) in [6.07, 6.45) is 1.71. The van der Waals surface area contributed by atoms with Crippen LogP contribution in [-0.2, 0) is 6.54 Å². The zero-order valence-corrected chi connectivity index (χ0v) is 10.2. The maximum atomic E-state index is 10.9. The number of aryl methyl sites for hydroxylation is 2. The van der Waals surface area contributed by atoms with E-state index in [2.05, 4.69) is 15.5 Å². The number of nitrogens with one attached hydrogen (secondary N) is 2. The number of aromatic amines is 1. The summed E-state index contributed by atoms with van der Waals surface area (Å²) in [5, 5.41) is 20.7. The van der Waals surface area contributed by atoms with E-state index in [4.69, 9.17) is 0 Å². The van der Waals surface area contributed by atoms with E-state index in [1.54, 1.807) is 18.3 Å². The van der Waals surface area contributed by atoms with E-state index in [0.717, 1.165) is 16.8 Å². The predicted molar refractivity (Wildman–Crippen MR) is 68.5 cm³/mol. The lowest BCUT2D eigenvalue weighted by molar-refractivity contribution is -0.384. The molecule has 2 aromatic rings. The van der Waals surface area contributed by atoms with Crippen molar-refractivity contribution in [2.75, 3.05) is 5.32 Å². The number of H-pyrrole nitrogens is 1. The van der Waals surface area contributed by atoms with E-state index < -0.39 is 0 Å². The van der Waals surface area contributed by atoms with Gasteiger partial charge in [0.25, 0.3) is 5.69 Å². The Balaban J connectivity index is 2.19. The van der Waals surface area contributed by atoms with Gasteiger partial charge in [0.1, 0.15) is 5.69 Å². The number of benzene rings is 1. The standard InChI is InChI=1S/C12H14N4O2/c1-8-3-4-11(12(5-8)16(17)18)13-6-10-7-14-15-9(10)2/h3-5,7,13H,6H2,1-2H3,(H,14,15). The molecule has 94 valence electrons. The predicted octanol–water partition coefficient (Wildman–Crippen LogP) is 2.55. The SMILES string of the molecule is Cc1ccc(NCc2cn[nH]c2C)c([N+](=O)[O-])c1. The Morgan fingerprint density at radius 1 is 1.44 bits per heavy atom. The summed E-state index contributed by atoms with van der Waals surface area (Å²) in [5.74, 6) is 0. The molecule has 1 aromatic carbocycles. The van der Waals surface area contributed by atoms with Gasteiger partial charge in [0.2, 0.25) is 0 Å². The van der Waals surface area contributed by atoms with E-state index in [1.165, 1.54) is 0 Å². The Hall–Kier alpha value is -2.37. The molecule has 0 bridgehead atoms. The Kier molecular flexibility index (Phi) is 3.27. The average molecular weight is 246 g/mol. The largest absolute Gasteiger partial charge is 0.375 e. The summed E-state index contributed by atoms with van der Waals surface area (Å²) < 4.78 is 0. The molecule has 0 amide bonds. The molecule has 18 heavy (non-hydrogen) atoms. The summed E-state index contributed by atoms with van der Waals surface area (Å²) in [5.41, 5.74) is 3.43. The van der Waals surface area contributed by atoms with Crippen molar-refractivity contribution in [1.29, 1.82) is 0 Å². The quantitative estimate of drug-likeness (QED) is 0.641. The van der Waals surface area contributed by atoms with Crippen molar-refractivity contribution in [3.05, 3.63) is 51.3 Å². The van der Waals surface area contributed by atoms with Crippen LogP contribution < -0.4 is 5.32 Å². The third-order valence-corrected chi connectivity index (χ3v) is 2.75. The van der Waals surface area contributed by atoms with Crippen LogP contribution in [0, 0.1) is 24.0 Å². The first-order valence-corrected chi connectivity index (χ1v) is 5.55. The van der Waals surface area contributed by atoms with Gasteiger partial charge in [0.05, 0.1) is 11.1 Å². The first-order valence-electron chi connectivity index (χ1n) is 5.55.